The summed E-state index contributed by atoms with van der Waals surface area (Å²) >= 11 is 0. The van der Waals surface area contributed by atoms with Crippen molar-refractivity contribution >= 4 is 0 Å². The third kappa shape index (κ3) is 4.12. The SMILES string of the molecule is C=C/C=C(/CO)OCCN. The lowest BCUT2D eigenvalue weighted by Gasteiger charge is -2.04. The lowest BCUT2D eigenvalue weighted by molar-refractivity contribution is 0.167. The first-order chi connectivity index (χ1) is 4.85. The summed E-state index contributed by atoms with van der Waals surface area (Å²) in [7, 11) is 0. The topological polar surface area (TPSA) is 55.5 Å². The van der Waals surface area contributed by atoms with E-state index in [1.165, 1.54) is 0 Å². The number of hydrogen-bond acceptors (Lipinski definition) is 3. The Morgan fingerprint density at radius 3 is 2.80 bits per heavy atom. The van der Waals surface area contributed by atoms with Crippen LogP contribution >= 0.6 is 0 Å². The lowest BCUT2D eigenvalue weighted by atomic mass is 10.4. The molecule has 0 aromatic carbocycles. The van der Waals surface area contributed by atoms with Gasteiger partial charge < -0.3 is 15.6 Å². The zero-order valence-electron chi connectivity index (χ0n) is 5.92. The van der Waals surface area contributed by atoms with E-state index in [4.69, 9.17) is 15.6 Å². The van der Waals surface area contributed by atoms with Crippen LogP contribution in [0.15, 0.2) is 24.5 Å². The van der Waals surface area contributed by atoms with E-state index in [1.807, 2.05) is 0 Å². The predicted octanol–water partition coefficient (Wildman–Crippen LogP) is 0.0239. The summed E-state index contributed by atoms with van der Waals surface area (Å²) in [5.74, 6) is 0.500. The molecule has 0 rings (SSSR count). The minimum Gasteiger partial charge on any atom is -0.494 e. The number of allylic oxidation sites excluding steroid dienone is 2. The molecule has 0 radical (unpaired) electrons. The minimum absolute atomic E-state index is 0.105. The van der Waals surface area contributed by atoms with Crippen molar-refractivity contribution in [2.75, 3.05) is 19.8 Å². The van der Waals surface area contributed by atoms with Crippen LogP contribution in [0.3, 0.4) is 0 Å². The maximum Gasteiger partial charge on any atom is 0.121 e. The van der Waals surface area contributed by atoms with E-state index in [1.54, 1.807) is 12.2 Å². The molecule has 0 aromatic rings. The van der Waals surface area contributed by atoms with Crippen molar-refractivity contribution in [3.63, 3.8) is 0 Å². The molecule has 0 aliphatic heterocycles. The first kappa shape index (κ1) is 9.20. The zero-order valence-corrected chi connectivity index (χ0v) is 5.92. The van der Waals surface area contributed by atoms with Crippen LogP contribution in [0.2, 0.25) is 0 Å². The molecule has 0 aliphatic rings. The van der Waals surface area contributed by atoms with Crippen LogP contribution in [0.4, 0.5) is 0 Å². The van der Waals surface area contributed by atoms with Crippen molar-refractivity contribution < 1.29 is 9.84 Å². The van der Waals surface area contributed by atoms with Gasteiger partial charge in [0, 0.05) is 6.54 Å². The molecule has 0 heterocycles. The summed E-state index contributed by atoms with van der Waals surface area (Å²) in [4.78, 5) is 0. The maximum atomic E-state index is 8.60. The van der Waals surface area contributed by atoms with Crippen LogP contribution in [0.5, 0.6) is 0 Å². The number of ether oxygens (including phenoxy) is 1. The molecule has 0 aliphatic carbocycles. The zero-order chi connectivity index (χ0) is 7.82. The smallest absolute Gasteiger partial charge is 0.121 e. The number of hydrogen-bond donors (Lipinski definition) is 2. The molecule has 3 nitrogen and oxygen atoms in total. The Morgan fingerprint density at radius 2 is 2.40 bits per heavy atom. The van der Waals surface area contributed by atoms with E-state index in [0.717, 1.165) is 0 Å². The summed E-state index contributed by atoms with van der Waals surface area (Å²) in [6.45, 7) is 4.24. The summed E-state index contributed by atoms with van der Waals surface area (Å²) in [5, 5.41) is 8.60. The van der Waals surface area contributed by atoms with Gasteiger partial charge in [-0.2, -0.15) is 0 Å². The van der Waals surface area contributed by atoms with Gasteiger partial charge in [0.15, 0.2) is 0 Å². The monoisotopic (exact) mass is 143 g/mol. The lowest BCUT2D eigenvalue weighted by Crippen LogP contribution is -2.09. The van der Waals surface area contributed by atoms with Crippen LogP contribution in [-0.4, -0.2) is 24.9 Å². The fourth-order valence-corrected chi connectivity index (χ4v) is 0.468. The molecule has 0 saturated carbocycles. The molecule has 0 fully saturated rings. The van der Waals surface area contributed by atoms with E-state index in [-0.39, 0.29) is 6.61 Å². The molecule has 3 heteroatoms. The Labute approximate surface area is 60.8 Å². The van der Waals surface area contributed by atoms with Crippen LogP contribution in [0.25, 0.3) is 0 Å². The van der Waals surface area contributed by atoms with Gasteiger partial charge in [0.2, 0.25) is 0 Å². The normalized spacial score (nSPS) is 11.2. The standard InChI is InChI=1S/C7H13NO2/c1-2-3-7(6-9)10-5-4-8/h2-3,9H,1,4-6,8H2/b7-3-. The second kappa shape index (κ2) is 6.32. The highest BCUT2D eigenvalue weighted by atomic mass is 16.5. The molecule has 0 unspecified atom stereocenters. The summed E-state index contributed by atoms with van der Waals surface area (Å²) in [5.41, 5.74) is 5.17. The number of nitrogens with two attached hydrogens (primary N) is 1. The molecule has 3 N–H and O–H groups in total. The maximum absolute atomic E-state index is 8.60. The molecule has 0 saturated heterocycles. The van der Waals surface area contributed by atoms with Crippen LogP contribution in [-0.2, 0) is 4.74 Å². The van der Waals surface area contributed by atoms with Gasteiger partial charge >= 0.3 is 0 Å². The van der Waals surface area contributed by atoms with E-state index in [2.05, 4.69) is 6.58 Å². The number of aliphatic hydroxyl groups is 1. The van der Waals surface area contributed by atoms with Gasteiger partial charge in [-0.1, -0.05) is 12.7 Å². The highest BCUT2D eigenvalue weighted by Crippen LogP contribution is 1.94. The van der Waals surface area contributed by atoms with Crippen LogP contribution < -0.4 is 5.73 Å². The average Bonchev–Trinajstić information content (AvgIpc) is 1.98. The molecule has 0 aromatic heterocycles. The molecule has 10 heavy (non-hydrogen) atoms. The second-order valence-corrected chi connectivity index (χ2v) is 1.66. The van der Waals surface area contributed by atoms with E-state index >= 15 is 0 Å². The fraction of sp³-hybridized carbons (Fsp3) is 0.429. The molecule has 0 spiro atoms. The Kier molecular flexibility index (Phi) is 5.82. The molecule has 58 valence electrons. The number of aliphatic hydroxyl groups excluding tert-OH is 1. The van der Waals surface area contributed by atoms with Crippen molar-refractivity contribution in [1.29, 1.82) is 0 Å². The first-order valence-corrected chi connectivity index (χ1v) is 3.10. The van der Waals surface area contributed by atoms with Crippen molar-refractivity contribution in [1.82, 2.24) is 0 Å². The highest BCUT2D eigenvalue weighted by Gasteiger charge is 1.91. The van der Waals surface area contributed by atoms with Gasteiger partial charge in [0.25, 0.3) is 0 Å². The highest BCUT2D eigenvalue weighted by molar-refractivity contribution is 5.04. The fourth-order valence-electron chi connectivity index (χ4n) is 0.468. The van der Waals surface area contributed by atoms with E-state index in [0.29, 0.717) is 18.9 Å². The molecule has 0 atom stereocenters. The van der Waals surface area contributed by atoms with Gasteiger partial charge in [-0.3, -0.25) is 0 Å². The molecule has 0 amide bonds. The van der Waals surface area contributed by atoms with Gasteiger partial charge in [-0.25, -0.2) is 0 Å². The number of rotatable bonds is 5. The Morgan fingerprint density at radius 1 is 1.70 bits per heavy atom. The van der Waals surface area contributed by atoms with Crippen molar-refractivity contribution in [3.8, 4) is 0 Å². The van der Waals surface area contributed by atoms with Gasteiger partial charge in [0.1, 0.15) is 19.0 Å². The van der Waals surface area contributed by atoms with Crippen LogP contribution in [0.1, 0.15) is 0 Å². The molecule has 0 bridgehead atoms. The third-order valence-corrected chi connectivity index (χ3v) is 0.865. The van der Waals surface area contributed by atoms with Gasteiger partial charge in [-0.15, -0.1) is 0 Å². The second-order valence-electron chi connectivity index (χ2n) is 1.66. The van der Waals surface area contributed by atoms with Gasteiger partial charge in [-0.05, 0) is 6.08 Å². The minimum atomic E-state index is -0.105. The average molecular weight is 143 g/mol. The first-order valence-electron chi connectivity index (χ1n) is 3.10. The summed E-state index contributed by atoms with van der Waals surface area (Å²) < 4.78 is 5.00. The van der Waals surface area contributed by atoms with Crippen LogP contribution in [0, 0.1) is 0 Å². The van der Waals surface area contributed by atoms with Crippen molar-refractivity contribution in [2.24, 2.45) is 5.73 Å². The largest absolute Gasteiger partial charge is 0.494 e. The van der Waals surface area contributed by atoms with Crippen molar-refractivity contribution in [3.05, 3.63) is 24.5 Å². The van der Waals surface area contributed by atoms with Gasteiger partial charge in [0.05, 0.1) is 0 Å². The Balaban J connectivity index is 3.59. The Bertz CT molecular complexity index is 121. The Hall–Kier alpha value is -0.800. The van der Waals surface area contributed by atoms with E-state index < -0.39 is 0 Å². The van der Waals surface area contributed by atoms with E-state index in [9.17, 15) is 0 Å². The third-order valence-electron chi connectivity index (χ3n) is 0.865. The quantitative estimate of drug-likeness (QED) is 0.421. The summed E-state index contributed by atoms with van der Waals surface area (Å²) in [6, 6.07) is 0. The predicted molar refractivity (Wildman–Crippen MR) is 40.4 cm³/mol. The molecular formula is C7H13NO2. The van der Waals surface area contributed by atoms with Crippen molar-refractivity contribution in [2.45, 2.75) is 0 Å². The molecular weight excluding hydrogens is 130 g/mol. The summed E-state index contributed by atoms with van der Waals surface area (Å²) in [6.07, 6.45) is 3.16.